The molecular weight excluding hydrogens is 551 g/mol. The predicted molar refractivity (Wildman–Crippen MR) is 151 cm³/mol. The van der Waals surface area contributed by atoms with E-state index in [4.69, 9.17) is 14.6 Å². The van der Waals surface area contributed by atoms with Gasteiger partial charge in [-0.3, -0.25) is 9.89 Å². The normalized spacial score (nSPS) is 21.0. The average Bonchev–Trinajstić information content (AvgIpc) is 3.52. The predicted octanol–water partition coefficient (Wildman–Crippen LogP) is 4.66. The Bertz CT molecular complexity index is 1660. The highest BCUT2D eigenvalue weighted by Gasteiger charge is 2.65. The van der Waals surface area contributed by atoms with E-state index in [9.17, 15) is 18.0 Å². The van der Waals surface area contributed by atoms with E-state index >= 15 is 0 Å². The molecule has 7 rings (SSSR count). The minimum Gasteiger partial charge on any atom is -0.497 e. The number of hydrogen-bond donors (Lipinski definition) is 4. The molecule has 3 aliphatic rings. The molecule has 0 unspecified atom stereocenters. The zero-order valence-corrected chi connectivity index (χ0v) is 22.6. The van der Waals surface area contributed by atoms with Crippen LogP contribution in [0.15, 0.2) is 60.7 Å². The summed E-state index contributed by atoms with van der Waals surface area (Å²) < 4.78 is 37.2. The van der Waals surface area contributed by atoms with Gasteiger partial charge in [0.25, 0.3) is 0 Å². The number of nitrogens with zero attached hydrogens (tertiary/aromatic N) is 2. The zero-order valence-electron chi connectivity index (χ0n) is 22.6. The molecule has 2 fully saturated rings. The van der Waals surface area contributed by atoms with Gasteiger partial charge in [0.1, 0.15) is 5.75 Å². The molecule has 1 aliphatic carbocycles. The van der Waals surface area contributed by atoms with Crippen molar-refractivity contribution < 1.29 is 32.6 Å². The van der Waals surface area contributed by atoms with Gasteiger partial charge in [-0.15, -0.1) is 0 Å². The van der Waals surface area contributed by atoms with Gasteiger partial charge in [0, 0.05) is 54.4 Å². The molecule has 9 nitrogen and oxygen atoms in total. The van der Waals surface area contributed by atoms with E-state index in [2.05, 4.69) is 68.2 Å². The van der Waals surface area contributed by atoms with Gasteiger partial charge in [0.2, 0.25) is 5.91 Å². The monoisotopic (exact) mass is 579 g/mol. The van der Waals surface area contributed by atoms with Crippen LogP contribution in [0.2, 0.25) is 0 Å². The first kappa shape index (κ1) is 27.6. The van der Waals surface area contributed by atoms with Crippen LogP contribution in [0.1, 0.15) is 23.5 Å². The van der Waals surface area contributed by atoms with Gasteiger partial charge in [-0.25, -0.2) is 4.79 Å². The molecule has 3 heterocycles. The Morgan fingerprint density at radius 2 is 1.79 bits per heavy atom. The number of aliphatic carboxylic acids is 1. The summed E-state index contributed by atoms with van der Waals surface area (Å²) in [6.45, 7) is 4.12. The second kappa shape index (κ2) is 10.4. The number of piperazine rings is 1. The van der Waals surface area contributed by atoms with Gasteiger partial charge >= 0.3 is 12.1 Å². The van der Waals surface area contributed by atoms with Crippen LogP contribution >= 0.6 is 0 Å². The third kappa shape index (κ3) is 4.81. The molecule has 0 radical (unpaired) electrons. The fourth-order valence-electron chi connectivity index (χ4n) is 5.93. The summed E-state index contributed by atoms with van der Waals surface area (Å²) >= 11 is 0. The number of carboxylic acid groups (broad SMARTS) is 1. The lowest BCUT2D eigenvalue weighted by Gasteiger charge is -2.29. The minimum atomic E-state index is -5.08. The molecule has 42 heavy (non-hydrogen) atoms. The highest BCUT2D eigenvalue weighted by atomic mass is 19.4. The molecule has 1 aromatic heterocycles. The summed E-state index contributed by atoms with van der Waals surface area (Å²) in [5, 5.41) is 22.6. The number of rotatable bonds is 4. The first-order valence-corrected chi connectivity index (χ1v) is 13.5. The van der Waals surface area contributed by atoms with Crippen molar-refractivity contribution in [3.63, 3.8) is 0 Å². The average molecular weight is 580 g/mol. The number of nitrogens with one attached hydrogen (secondary N) is 3. The van der Waals surface area contributed by atoms with E-state index in [0.717, 1.165) is 77.3 Å². The van der Waals surface area contributed by atoms with Gasteiger partial charge < -0.3 is 25.4 Å². The maximum absolute atomic E-state index is 13.0. The molecule has 1 amide bonds. The lowest BCUT2D eigenvalue weighted by Crippen LogP contribution is -2.43. The van der Waals surface area contributed by atoms with Crippen LogP contribution in [0.5, 0.6) is 5.75 Å². The summed E-state index contributed by atoms with van der Waals surface area (Å²) in [6.07, 6.45) is -4.28. The van der Waals surface area contributed by atoms with Gasteiger partial charge in [-0.1, -0.05) is 24.3 Å². The van der Waals surface area contributed by atoms with Crippen molar-refractivity contribution in [1.29, 1.82) is 0 Å². The number of aromatic nitrogens is 2. The summed E-state index contributed by atoms with van der Waals surface area (Å²) in [4.78, 5) is 24.3. The molecule has 4 N–H and O–H groups in total. The van der Waals surface area contributed by atoms with E-state index in [1.165, 1.54) is 5.69 Å². The summed E-state index contributed by atoms with van der Waals surface area (Å²) in [7, 11) is 1.66. The molecule has 3 aromatic carbocycles. The standard InChI is InChI=1S/C28H27N5O2.C2HF3O2/c1-35-20-7-9-24-22(15-20)28(27(34)30-24)16-23(28)18-4-8-21-25(14-18)31-32-26(21)17-2-5-19(6-3-17)33-12-10-29-11-13-33;3-2(4,5)1(6)7/h2-9,14-15,23,29H,10-13,16H2,1H3,(H,30,34)(H,31,32);(H,6,7)/t23-,28-;/m0./s1. The number of carbonyl (C=O) groups is 2. The number of fused-ring (bicyclic) bond motifs is 3. The first-order chi connectivity index (χ1) is 20.1. The van der Waals surface area contributed by atoms with Crippen molar-refractivity contribution in [2.75, 3.05) is 43.5 Å². The molecule has 2 aliphatic heterocycles. The molecule has 1 spiro atoms. The third-order valence-electron chi connectivity index (χ3n) is 8.18. The Kier molecular flexibility index (Phi) is 6.80. The lowest BCUT2D eigenvalue weighted by atomic mass is 9.91. The van der Waals surface area contributed by atoms with Crippen LogP contribution in [0.25, 0.3) is 22.2 Å². The van der Waals surface area contributed by atoms with E-state index in [1.807, 2.05) is 18.2 Å². The van der Waals surface area contributed by atoms with Crippen molar-refractivity contribution >= 4 is 34.2 Å². The number of methoxy groups -OCH3 is 1. The van der Waals surface area contributed by atoms with Crippen LogP contribution < -0.4 is 20.3 Å². The van der Waals surface area contributed by atoms with Gasteiger partial charge in [-0.2, -0.15) is 18.3 Å². The third-order valence-corrected chi connectivity index (χ3v) is 8.18. The molecule has 0 bridgehead atoms. The van der Waals surface area contributed by atoms with Gasteiger partial charge in [0.15, 0.2) is 0 Å². The topological polar surface area (TPSA) is 120 Å². The Morgan fingerprint density at radius 3 is 2.45 bits per heavy atom. The quantitative estimate of drug-likeness (QED) is 0.278. The molecule has 4 aromatic rings. The second-order valence-electron chi connectivity index (χ2n) is 10.6. The number of carboxylic acids is 1. The molecule has 218 valence electrons. The highest BCUT2D eigenvalue weighted by molar-refractivity contribution is 6.10. The smallest absolute Gasteiger partial charge is 0.490 e. The number of aromatic amines is 1. The molecule has 12 heteroatoms. The van der Waals surface area contributed by atoms with Crippen LogP contribution in [0.3, 0.4) is 0 Å². The highest BCUT2D eigenvalue weighted by Crippen LogP contribution is 2.65. The fraction of sp³-hybridized carbons (Fsp3) is 0.300. The number of amides is 1. The van der Waals surface area contributed by atoms with E-state index in [0.29, 0.717) is 0 Å². The van der Waals surface area contributed by atoms with Crippen molar-refractivity contribution in [3.8, 4) is 17.0 Å². The number of H-pyrrole nitrogens is 1. The molecular formula is C30H28F3N5O4. The largest absolute Gasteiger partial charge is 0.497 e. The van der Waals surface area contributed by atoms with Crippen molar-refractivity contribution in [1.82, 2.24) is 15.5 Å². The van der Waals surface area contributed by atoms with Crippen LogP contribution in [-0.4, -0.2) is 66.6 Å². The lowest BCUT2D eigenvalue weighted by molar-refractivity contribution is -0.192. The first-order valence-electron chi connectivity index (χ1n) is 13.5. The fourth-order valence-corrected chi connectivity index (χ4v) is 5.93. The van der Waals surface area contributed by atoms with Gasteiger partial charge in [-0.05, 0) is 53.9 Å². The Balaban J connectivity index is 0.000000405. The summed E-state index contributed by atoms with van der Waals surface area (Å²) in [5.41, 5.74) is 6.90. The van der Waals surface area contributed by atoms with Gasteiger partial charge in [0.05, 0.1) is 23.7 Å². The number of ether oxygens (including phenoxy) is 1. The van der Waals surface area contributed by atoms with E-state index < -0.39 is 17.6 Å². The number of anilines is 2. The van der Waals surface area contributed by atoms with Crippen LogP contribution in [-0.2, 0) is 15.0 Å². The molecule has 1 saturated heterocycles. The summed E-state index contributed by atoms with van der Waals surface area (Å²) in [5.74, 6) is -1.75. The summed E-state index contributed by atoms with van der Waals surface area (Å²) in [6, 6.07) is 21.0. The van der Waals surface area contributed by atoms with E-state index in [1.54, 1.807) is 7.11 Å². The number of halogens is 3. The second-order valence-corrected chi connectivity index (χ2v) is 10.6. The SMILES string of the molecule is COc1ccc2c(c1)[C@]1(C[C@H]1c1ccc3c(-c4ccc(N5CCNCC5)cc4)n[nH]c3c1)C(=O)N2.O=C(O)C(F)(F)F. The van der Waals surface area contributed by atoms with Crippen LogP contribution in [0, 0.1) is 0 Å². The number of alkyl halides is 3. The maximum atomic E-state index is 13.0. The minimum absolute atomic E-state index is 0.0840. The van der Waals surface area contributed by atoms with Crippen LogP contribution in [0.4, 0.5) is 24.5 Å². The van der Waals surface area contributed by atoms with Crippen molar-refractivity contribution in [3.05, 3.63) is 71.8 Å². The number of hydrogen-bond acceptors (Lipinski definition) is 6. The maximum Gasteiger partial charge on any atom is 0.490 e. The van der Waals surface area contributed by atoms with E-state index in [-0.39, 0.29) is 11.8 Å². The Hall–Kier alpha value is -4.58. The molecule has 1 saturated carbocycles. The zero-order chi connectivity index (χ0) is 29.6. The van der Waals surface area contributed by atoms with Crippen molar-refractivity contribution in [2.45, 2.75) is 23.9 Å². The Labute approximate surface area is 238 Å². The van der Waals surface area contributed by atoms with Crippen molar-refractivity contribution in [2.24, 2.45) is 0 Å². The Morgan fingerprint density at radius 1 is 1.07 bits per heavy atom. The molecule has 2 atom stereocenters. The number of benzene rings is 3. The number of carbonyl (C=O) groups excluding carboxylic acids is 1.